The highest BCUT2D eigenvalue weighted by molar-refractivity contribution is 7.89. The Labute approximate surface area is 156 Å². The Bertz CT molecular complexity index is 911. The highest BCUT2D eigenvalue weighted by atomic mass is 32.2. The molecule has 0 bridgehead atoms. The van der Waals surface area contributed by atoms with Crippen molar-refractivity contribution in [2.24, 2.45) is 0 Å². The summed E-state index contributed by atoms with van der Waals surface area (Å²) in [4.78, 5) is 12.1. The maximum Gasteiger partial charge on any atom is 0.243 e. The average molecular weight is 396 g/mol. The Morgan fingerprint density at radius 3 is 2.30 bits per heavy atom. The van der Waals surface area contributed by atoms with E-state index in [-0.39, 0.29) is 17.1 Å². The molecule has 1 N–H and O–H groups in total. The van der Waals surface area contributed by atoms with Crippen LogP contribution < -0.4 is 10.1 Å². The van der Waals surface area contributed by atoms with E-state index in [0.29, 0.717) is 11.8 Å². The number of carbonyl (C=O) groups is 1. The van der Waals surface area contributed by atoms with Crippen molar-refractivity contribution in [2.45, 2.75) is 4.90 Å². The summed E-state index contributed by atoms with van der Waals surface area (Å²) in [5.74, 6) is -1.99. The molecule has 0 saturated heterocycles. The van der Waals surface area contributed by atoms with Gasteiger partial charge in [0.05, 0.1) is 18.6 Å². The fraction of sp³-hybridized carbons (Fsp3) is 0.167. The van der Waals surface area contributed by atoms with Gasteiger partial charge in [0, 0.05) is 18.3 Å². The van der Waals surface area contributed by atoms with Gasteiger partial charge in [0.2, 0.25) is 15.9 Å². The molecule has 0 aliphatic rings. The topological polar surface area (TPSA) is 75.7 Å². The second kappa shape index (κ2) is 8.74. The maximum atomic E-state index is 13.2. The van der Waals surface area contributed by atoms with Crippen molar-refractivity contribution in [3.05, 3.63) is 66.8 Å². The van der Waals surface area contributed by atoms with Crippen LogP contribution in [0.2, 0.25) is 0 Å². The summed E-state index contributed by atoms with van der Waals surface area (Å²) in [6.45, 7) is 2.81. The summed E-state index contributed by atoms with van der Waals surface area (Å²) in [6.07, 6.45) is 1.33. The number of hydrogen-bond donors (Lipinski definition) is 1. The fourth-order valence-electron chi connectivity index (χ4n) is 2.28. The molecular weight excluding hydrogens is 378 g/mol. The lowest BCUT2D eigenvalue weighted by atomic mass is 10.3. The average Bonchev–Trinajstić information content (AvgIpc) is 2.60. The second-order valence-corrected chi connectivity index (χ2v) is 7.41. The molecule has 2 aromatic rings. The van der Waals surface area contributed by atoms with Crippen LogP contribution in [0, 0.1) is 11.6 Å². The molecule has 6 nitrogen and oxygen atoms in total. The summed E-state index contributed by atoms with van der Waals surface area (Å²) in [7, 11) is -2.54. The first kappa shape index (κ1) is 20.5. The third kappa shape index (κ3) is 5.35. The number of hydrogen-bond acceptors (Lipinski definition) is 4. The van der Waals surface area contributed by atoms with Crippen LogP contribution in [0.15, 0.2) is 60.0 Å². The number of methoxy groups -OCH3 is 1. The molecule has 0 aliphatic carbocycles. The van der Waals surface area contributed by atoms with Gasteiger partial charge in [0.1, 0.15) is 17.4 Å². The number of nitrogens with one attached hydrogen (secondary N) is 1. The molecule has 2 aromatic carbocycles. The molecule has 9 heteroatoms. The molecule has 144 valence electrons. The predicted molar refractivity (Wildman–Crippen MR) is 96.9 cm³/mol. The molecule has 0 saturated carbocycles. The lowest BCUT2D eigenvalue weighted by molar-refractivity contribution is -0.116. The Morgan fingerprint density at radius 1 is 1.19 bits per heavy atom. The van der Waals surface area contributed by atoms with Crippen LogP contribution in [-0.2, 0) is 14.8 Å². The zero-order valence-corrected chi connectivity index (χ0v) is 15.3. The summed E-state index contributed by atoms with van der Waals surface area (Å²) in [5, 5.41) is 2.27. The van der Waals surface area contributed by atoms with Crippen molar-refractivity contribution in [3.8, 4) is 5.75 Å². The van der Waals surface area contributed by atoms with Gasteiger partial charge in [0.15, 0.2) is 0 Å². The van der Waals surface area contributed by atoms with Gasteiger partial charge < -0.3 is 10.1 Å². The second-order valence-electron chi connectivity index (χ2n) is 5.47. The van der Waals surface area contributed by atoms with E-state index in [9.17, 15) is 22.0 Å². The monoisotopic (exact) mass is 396 g/mol. The standard InChI is InChI=1S/C18H18F2N2O4S/c1-3-8-22(27(24,25)17-6-4-16(26-2)5-7-17)12-18(23)21-15-10-13(19)9-14(20)11-15/h3-7,9-11H,1,8,12H2,2H3,(H,21,23). The van der Waals surface area contributed by atoms with Gasteiger partial charge in [-0.25, -0.2) is 17.2 Å². The maximum absolute atomic E-state index is 13.2. The lowest BCUT2D eigenvalue weighted by Gasteiger charge is -2.20. The normalized spacial score (nSPS) is 11.3. The van der Waals surface area contributed by atoms with Crippen LogP contribution in [0.4, 0.5) is 14.5 Å². The van der Waals surface area contributed by atoms with E-state index in [1.807, 2.05) is 0 Å². The Morgan fingerprint density at radius 2 is 1.78 bits per heavy atom. The van der Waals surface area contributed by atoms with E-state index in [1.54, 1.807) is 0 Å². The van der Waals surface area contributed by atoms with Crippen molar-refractivity contribution in [1.29, 1.82) is 0 Å². The SMILES string of the molecule is C=CCN(CC(=O)Nc1cc(F)cc(F)c1)S(=O)(=O)c1ccc(OC)cc1. The van der Waals surface area contributed by atoms with E-state index in [2.05, 4.69) is 11.9 Å². The van der Waals surface area contributed by atoms with Crippen LogP contribution in [0.1, 0.15) is 0 Å². The van der Waals surface area contributed by atoms with E-state index in [0.717, 1.165) is 16.4 Å². The number of carbonyl (C=O) groups excluding carboxylic acids is 1. The number of amides is 1. The minimum Gasteiger partial charge on any atom is -0.497 e. The van der Waals surface area contributed by atoms with Crippen molar-refractivity contribution < 1.29 is 26.7 Å². The molecule has 0 atom stereocenters. The first-order chi connectivity index (χ1) is 12.8. The number of nitrogens with zero attached hydrogens (tertiary/aromatic N) is 1. The third-order valence-electron chi connectivity index (χ3n) is 3.50. The first-order valence-electron chi connectivity index (χ1n) is 7.77. The molecular formula is C18H18F2N2O4S. The van der Waals surface area contributed by atoms with Gasteiger partial charge in [-0.1, -0.05) is 6.08 Å². The quantitative estimate of drug-likeness (QED) is 0.697. The summed E-state index contributed by atoms with van der Waals surface area (Å²) >= 11 is 0. The van der Waals surface area contributed by atoms with Crippen LogP contribution in [0.25, 0.3) is 0 Å². The highest BCUT2D eigenvalue weighted by Crippen LogP contribution is 2.20. The van der Waals surface area contributed by atoms with Crippen LogP contribution in [-0.4, -0.2) is 38.8 Å². The molecule has 2 rings (SSSR count). The van der Waals surface area contributed by atoms with Gasteiger partial charge in [-0.2, -0.15) is 4.31 Å². The predicted octanol–water partition coefficient (Wildman–Crippen LogP) is 2.79. The van der Waals surface area contributed by atoms with Gasteiger partial charge in [-0.15, -0.1) is 6.58 Å². The Balaban J connectivity index is 2.19. The molecule has 0 aromatic heterocycles. The number of anilines is 1. The van der Waals surface area contributed by atoms with E-state index < -0.39 is 34.1 Å². The molecule has 0 spiro atoms. The number of halogens is 2. The third-order valence-corrected chi connectivity index (χ3v) is 5.32. The first-order valence-corrected chi connectivity index (χ1v) is 9.21. The summed E-state index contributed by atoms with van der Waals surface area (Å²) in [5.41, 5.74) is -0.113. The van der Waals surface area contributed by atoms with Gasteiger partial charge in [-0.3, -0.25) is 4.79 Å². The van der Waals surface area contributed by atoms with E-state index in [4.69, 9.17) is 4.74 Å². The molecule has 0 heterocycles. The van der Waals surface area contributed by atoms with Crippen molar-refractivity contribution >= 4 is 21.6 Å². The smallest absolute Gasteiger partial charge is 0.243 e. The van der Waals surface area contributed by atoms with E-state index >= 15 is 0 Å². The minimum atomic E-state index is -3.99. The largest absolute Gasteiger partial charge is 0.497 e. The van der Waals surface area contributed by atoms with Gasteiger partial charge in [0.25, 0.3) is 0 Å². The summed E-state index contributed by atoms with van der Waals surface area (Å²) < 4.78 is 57.8. The minimum absolute atomic E-state index is 0.0326. The van der Waals surface area contributed by atoms with Crippen molar-refractivity contribution in [3.63, 3.8) is 0 Å². The molecule has 0 fully saturated rings. The molecule has 0 unspecified atom stereocenters. The van der Waals surface area contributed by atoms with Crippen molar-refractivity contribution in [1.82, 2.24) is 4.31 Å². The Hall–Kier alpha value is -2.78. The number of benzene rings is 2. The van der Waals surface area contributed by atoms with Crippen LogP contribution in [0.5, 0.6) is 5.75 Å². The van der Waals surface area contributed by atoms with Gasteiger partial charge in [-0.05, 0) is 36.4 Å². The van der Waals surface area contributed by atoms with Crippen LogP contribution >= 0.6 is 0 Å². The number of ether oxygens (including phenoxy) is 1. The number of rotatable bonds is 8. The summed E-state index contributed by atoms with van der Waals surface area (Å²) in [6, 6.07) is 8.18. The zero-order valence-electron chi connectivity index (χ0n) is 14.5. The van der Waals surface area contributed by atoms with Crippen molar-refractivity contribution in [2.75, 3.05) is 25.5 Å². The highest BCUT2D eigenvalue weighted by Gasteiger charge is 2.26. The fourth-order valence-corrected chi connectivity index (χ4v) is 3.64. The van der Waals surface area contributed by atoms with Gasteiger partial charge >= 0.3 is 0 Å². The molecule has 1 amide bonds. The number of sulfonamides is 1. The molecule has 27 heavy (non-hydrogen) atoms. The van der Waals surface area contributed by atoms with Crippen LogP contribution in [0.3, 0.4) is 0 Å². The lowest BCUT2D eigenvalue weighted by Crippen LogP contribution is -2.38. The molecule has 0 aliphatic heterocycles. The molecule has 0 radical (unpaired) electrons. The Kier molecular flexibility index (Phi) is 6.65. The van der Waals surface area contributed by atoms with E-state index in [1.165, 1.54) is 37.5 Å². The zero-order chi connectivity index (χ0) is 20.0.